The number of benzene rings is 1. The highest BCUT2D eigenvalue weighted by molar-refractivity contribution is 6.35. The second-order valence-electron chi connectivity index (χ2n) is 6.24. The zero-order valence-electron chi connectivity index (χ0n) is 15.1. The van der Waals surface area contributed by atoms with E-state index in [0.717, 1.165) is 13.0 Å². The average molecular weight is 402 g/mol. The Bertz CT molecular complexity index is 642. The summed E-state index contributed by atoms with van der Waals surface area (Å²) in [4.78, 5) is 28.3. The van der Waals surface area contributed by atoms with E-state index in [4.69, 9.17) is 27.9 Å². The van der Waals surface area contributed by atoms with Gasteiger partial charge in [0.25, 0.3) is 5.91 Å². The molecule has 2 rings (SSSR count). The molecule has 6 nitrogen and oxygen atoms in total. The van der Waals surface area contributed by atoms with Crippen LogP contribution in [-0.2, 0) is 9.59 Å². The van der Waals surface area contributed by atoms with Crippen LogP contribution in [-0.4, -0.2) is 67.0 Å². The first-order valence-electron chi connectivity index (χ1n) is 8.80. The summed E-state index contributed by atoms with van der Waals surface area (Å²) < 4.78 is 5.72. The third-order valence-corrected chi connectivity index (χ3v) is 4.72. The van der Waals surface area contributed by atoms with Gasteiger partial charge in [-0.1, -0.05) is 23.2 Å². The molecule has 2 amide bonds. The first-order chi connectivity index (χ1) is 12.4. The Morgan fingerprint density at radius 1 is 1.23 bits per heavy atom. The lowest BCUT2D eigenvalue weighted by atomic mass is 10.3. The Morgan fingerprint density at radius 2 is 2.00 bits per heavy atom. The fourth-order valence-electron chi connectivity index (χ4n) is 2.87. The summed E-state index contributed by atoms with van der Waals surface area (Å²) in [6.45, 7) is 7.27. The molecule has 0 aliphatic carbocycles. The highest BCUT2D eigenvalue weighted by atomic mass is 35.5. The highest BCUT2D eigenvalue weighted by Crippen LogP contribution is 2.28. The lowest BCUT2D eigenvalue weighted by Gasteiger charge is -2.25. The molecule has 1 fully saturated rings. The SMILES string of the molecule is CCNC(=O)CN1CCCN(C(=O)C(C)Oc2ccc(Cl)cc2Cl)CC1. The van der Waals surface area contributed by atoms with Crippen molar-refractivity contribution in [2.24, 2.45) is 0 Å². The largest absolute Gasteiger partial charge is 0.479 e. The van der Waals surface area contributed by atoms with Gasteiger partial charge in [0.2, 0.25) is 5.91 Å². The summed E-state index contributed by atoms with van der Waals surface area (Å²) in [6, 6.07) is 4.91. The van der Waals surface area contributed by atoms with Gasteiger partial charge in [0.1, 0.15) is 5.75 Å². The lowest BCUT2D eigenvalue weighted by molar-refractivity contribution is -0.137. The zero-order valence-corrected chi connectivity index (χ0v) is 16.6. The maximum Gasteiger partial charge on any atom is 0.263 e. The van der Waals surface area contributed by atoms with E-state index in [-0.39, 0.29) is 11.8 Å². The molecule has 8 heteroatoms. The van der Waals surface area contributed by atoms with Crippen molar-refractivity contribution in [3.8, 4) is 5.75 Å². The van der Waals surface area contributed by atoms with Crippen LogP contribution < -0.4 is 10.1 Å². The van der Waals surface area contributed by atoms with Crippen molar-refractivity contribution in [2.45, 2.75) is 26.4 Å². The lowest BCUT2D eigenvalue weighted by Crippen LogP contribution is -2.43. The summed E-state index contributed by atoms with van der Waals surface area (Å²) in [5, 5.41) is 3.69. The molecular formula is C18H25Cl2N3O3. The molecule has 1 unspecified atom stereocenters. The summed E-state index contributed by atoms with van der Waals surface area (Å²) in [5.74, 6) is 0.363. The maximum atomic E-state index is 12.7. The number of halogens is 2. The Kier molecular flexibility index (Phi) is 8.00. The summed E-state index contributed by atoms with van der Waals surface area (Å²) in [7, 11) is 0. The molecule has 1 aromatic rings. The van der Waals surface area contributed by atoms with E-state index in [1.165, 1.54) is 0 Å². The third-order valence-electron chi connectivity index (χ3n) is 4.19. The van der Waals surface area contributed by atoms with Crippen molar-refractivity contribution in [3.05, 3.63) is 28.2 Å². The molecule has 1 atom stereocenters. The minimum absolute atomic E-state index is 0.0151. The van der Waals surface area contributed by atoms with E-state index in [0.29, 0.717) is 48.5 Å². The Balaban J connectivity index is 1.89. The Hall–Kier alpha value is -1.50. The van der Waals surface area contributed by atoms with Gasteiger partial charge < -0.3 is 15.0 Å². The van der Waals surface area contributed by atoms with Gasteiger partial charge in [0, 0.05) is 37.7 Å². The molecule has 0 radical (unpaired) electrons. The molecule has 1 N–H and O–H groups in total. The van der Waals surface area contributed by atoms with E-state index >= 15 is 0 Å². The maximum absolute atomic E-state index is 12.7. The summed E-state index contributed by atoms with van der Waals surface area (Å²) >= 11 is 12.0. The van der Waals surface area contributed by atoms with Crippen molar-refractivity contribution >= 4 is 35.0 Å². The van der Waals surface area contributed by atoms with Crippen LogP contribution in [0.15, 0.2) is 18.2 Å². The number of carbonyl (C=O) groups is 2. The number of rotatable bonds is 6. The van der Waals surface area contributed by atoms with E-state index in [2.05, 4.69) is 10.2 Å². The van der Waals surface area contributed by atoms with Gasteiger partial charge in [-0.3, -0.25) is 14.5 Å². The molecule has 1 heterocycles. The number of nitrogens with zero attached hydrogens (tertiary/aromatic N) is 2. The van der Waals surface area contributed by atoms with Crippen LogP contribution in [0.2, 0.25) is 10.0 Å². The fraction of sp³-hybridized carbons (Fsp3) is 0.556. The molecule has 0 spiro atoms. The molecular weight excluding hydrogens is 377 g/mol. The van der Waals surface area contributed by atoms with Gasteiger partial charge in [-0.25, -0.2) is 0 Å². The number of hydrogen-bond donors (Lipinski definition) is 1. The van der Waals surface area contributed by atoms with E-state index in [9.17, 15) is 9.59 Å². The quantitative estimate of drug-likeness (QED) is 0.794. The van der Waals surface area contributed by atoms with Crippen molar-refractivity contribution in [3.63, 3.8) is 0 Å². The smallest absolute Gasteiger partial charge is 0.263 e. The van der Waals surface area contributed by atoms with E-state index < -0.39 is 6.10 Å². The van der Waals surface area contributed by atoms with E-state index in [1.807, 2.05) is 6.92 Å². The van der Waals surface area contributed by atoms with Crippen LogP contribution in [0.25, 0.3) is 0 Å². The standard InChI is InChI=1S/C18H25Cl2N3O3/c1-3-21-17(24)12-22-7-4-8-23(10-9-22)18(25)13(2)26-16-6-5-14(19)11-15(16)20/h5-6,11,13H,3-4,7-10,12H2,1-2H3,(H,21,24). The van der Waals surface area contributed by atoms with Crippen LogP contribution in [0.3, 0.4) is 0 Å². The molecule has 0 saturated carbocycles. The number of carbonyl (C=O) groups excluding carboxylic acids is 2. The van der Waals surface area contributed by atoms with Crippen molar-refractivity contribution in [1.29, 1.82) is 0 Å². The summed E-state index contributed by atoms with van der Waals surface area (Å²) in [6.07, 6.45) is 0.170. The second-order valence-corrected chi connectivity index (χ2v) is 7.09. The van der Waals surface area contributed by atoms with E-state index in [1.54, 1.807) is 30.0 Å². The average Bonchev–Trinajstić information content (AvgIpc) is 2.82. The number of amides is 2. The molecule has 1 aromatic carbocycles. The van der Waals surface area contributed by atoms with Crippen LogP contribution in [0, 0.1) is 0 Å². The topological polar surface area (TPSA) is 61.9 Å². The second kappa shape index (κ2) is 10.00. The summed E-state index contributed by atoms with van der Waals surface area (Å²) in [5.41, 5.74) is 0. The van der Waals surface area contributed by atoms with Crippen LogP contribution in [0.4, 0.5) is 0 Å². The first-order valence-corrected chi connectivity index (χ1v) is 9.55. The molecule has 26 heavy (non-hydrogen) atoms. The predicted octanol–water partition coefficient (Wildman–Crippen LogP) is 2.43. The third kappa shape index (κ3) is 6.04. The normalized spacial score (nSPS) is 16.7. The Labute approximate surface area is 164 Å². The van der Waals surface area contributed by atoms with Gasteiger partial charge in [0.15, 0.2) is 6.10 Å². The van der Waals surface area contributed by atoms with Gasteiger partial charge in [-0.05, 0) is 38.5 Å². The number of hydrogen-bond acceptors (Lipinski definition) is 4. The van der Waals surface area contributed by atoms with Gasteiger partial charge >= 0.3 is 0 Å². The first kappa shape index (κ1) is 20.8. The molecule has 1 aliphatic rings. The minimum atomic E-state index is -0.649. The monoisotopic (exact) mass is 401 g/mol. The van der Waals surface area contributed by atoms with Gasteiger partial charge in [-0.15, -0.1) is 0 Å². The molecule has 0 bridgehead atoms. The number of ether oxygens (including phenoxy) is 1. The highest BCUT2D eigenvalue weighted by Gasteiger charge is 2.25. The molecule has 1 saturated heterocycles. The van der Waals surface area contributed by atoms with Crippen molar-refractivity contribution < 1.29 is 14.3 Å². The zero-order chi connectivity index (χ0) is 19.1. The van der Waals surface area contributed by atoms with Crippen molar-refractivity contribution in [2.75, 3.05) is 39.3 Å². The van der Waals surface area contributed by atoms with Crippen LogP contribution in [0.5, 0.6) is 5.75 Å². The van der Waals surface area contributed by atoms with Gasteiger partial charge in [-0.2, -0.15) is 0 Å². The fourth-order valence-corrected chi connectivity index (χ4v) is 3.33. The number of nitrogens with one attached hydrogen (secondary N) is 1. The van der Waals surface area contributed by atoms with Crippen LogP contribution in [0.1, 0.15) is 20.3 Å². The van der Waals surface area contributed by atoms with Gasteiger partial charge in [0.05, 0.1) is 11.6 Å². The number of likely N-dealkylation sites (N-methyl/N-ethyl adjacent to an activating group) is 1. The Morgan fingerprint density at radius 3 is 2.69 bits per heavy atom. The molecule has 0 aromatic heterocycles. The molecule has 1 aliphatic heterocycles. The minimum Gasteiger partial charge on any atom is -0.479 e. The van der Waals surface area contributed by atoms with Crippen molar-refractivity contribution in [1.82, 2.24) is 15.1 Å². The van der Waals surface area contributed by atoms with Crippen LogP contribution >= 0.6 is 23.2 Å². The predicted molar refractivity (Wildman–Crippen MR) is 103 cm³/mol. The molecule has 144 valence electrons.